The first-order valence-corrected chi connectivity index (χ1v) is 7.16. The summed E-state index contributed by atoms with van der Waals surface area (Å²) in [4.78, 5) is 0. The van der Waals surface area contributed by atoms with Crippen molar-refractivity contribution in [3.8, 4) is 0 Å². The highest BCUT2D eigenvalue weighted by Crippen LogP contribution is 2.19. The van der Waals surface area contributed by atoms with Crippen LogP contribution in [0.1, 0.15) is 11.1 Å². The number of hydrogen-bond acceptors (Lipinski definition) is 1. The third-order valence-electron chi connectivity index (χ3n) is 3.12. The fourth-order valence-electron chi connectivity index (χ4n) is 2.26. The predicted octanol–water partition coefficient (Wildman–Crippen LogP) is 4.12. The van der Waals surface area contributed by atoms with Crippen LogP contribution in [-0.4, -0.2) is 11.7 Å². The van der Waals surface area contributed by atoms with Gasteiger partial charge in [-0.15, -0.1) is 0 Å². The average molecular weight is 341 g/mol. The number of hydrogen-bond donors (Lipinski definition) is 1. The SMILES string of the molecule is OCC(Cc1cc(F)cc(F)c1)Cc1cccc(Br)c1. The van der Waals surface area contributed by atoms with Crippen molar-refractivity contribution in [2.75, 3.05) is 6.61 Å². The first-order chi connectivity index (χ1) is 9.56. The van der Waals surface area contributed by atoms with Crippen LogP contribution in [0.15, 0.2) is 46.9 Å². The average Bonchev–Trinajstić information content (AvgIpc) is 2.36. The Hall–Kier alpha value is -1.26. The van der Waals surface area contributed by atoms with Crippen molar-refractivity contribution in [2.45, 2.75) is 12.8 Å². The quantitative estimate of drug-likeness (QED) is 0.867. The first-order valence-electron chi connectivity index (χ1n) is 6.37. The van der Waals surface area contributed by atoms with Gasteiger partial charge < -0.3 is 5.11 Å². The number of benzene rings is 2. The summed E-state index contributed by atoms with van der Waals surface area (Å²) in [5, 5.41) is 9.46. The minimum Gasteiger partial charge on any atom is -0.396 e. The van der Waals surface area contributed by atoms with Crippen molar-refractivity contribution in [1.29, 1.82) is 0 Å². The van der Waals surface area contributed by atoms with Crippen LogP contribution in [-0.2, 0) is 12.8 Å². The standard InChI is InChI=1S/C16H15BrF2O/c17-14-3-1-2-11(6-14)4-13(10-20)5-12-7-15(18)9-16(19)8-12/h1-3,6-9,13,20H,4-5,10H2. The lowest BCUT2D eigenvalue weighted by molar-refractivity contribution is 0.225. The molecule has 2 aromatic carbocycles. The second-order valence-corrected chi connectivity index (χ2v) is 5.78. The van der Waals surface area contributed by atoms with E-state index in [0.29, 0.717) is 18.4 Å². The fourth-order valence-corrected chi connectivity index (χ4v) is 2.71. The molecule has 2 rings (SSSR count). The van der Waals surface area contributed by atoms with E-state index in [4.69, 9.17) is 0 Å². The Labute approximate surface area is 125 Å². The van der Waals surface area contributed by atoms with Gasteiger partial charge in [0.05, 0.1) is 0 Å². The Morgan fingerprint density at radius 3 is 2.20 bits per heavy atom. The molecule has 4 heteroatoms. The minimum atomic E-state index is -0.584. The molecule has 20 heavy (non-hydrogen) atoms. The molecule has 0 saturated heterocycles. The maximum absolute atomic E-state index is 13.2. The van der Waals surface area contributed by atoms with E-state index in [0.717, 1.165) is 16.1 Å². The van der Waals surface area contributed by atoms with Gasteiger partial charge in [-0.3, -0.25) is 0 Å². The molecule has 0 fully saturated rings. The van der Waals surface area contributed by atoms with Crippen LogP contribution in [0.2, 0.25) is 0 Å². The Balaban J connectivity index is 2.09. The molecule has 1 N–H and O–H groups in total. The molecule has 0 aliphatic rings. The summed E-state index contributed by atoms with van der Waals surface area (Å²) in [6, 6.07) is 11.3. The molecule has 0 aromatic heterocycles. The summed E-state index contributed by atoms with van der Waals surface area (Å²) in [7, 11) is 0. The zero-order chi connectivity index (χ0) is 14.5. The van der Waals surface area contributed by atoms with Crippen LogP contribution in [0, 0.1) is 17.6 Å². The van der Waals surface area contributed by atoms with E-state index >= 15 is 0 Å². The summed E-state index contributed by atoms with van der Waals surface area (Å²) in [6.45, 7) is -0.0232. The Kier molecular flexibility index (Phi) is 5.26. The molecule has 0 heterocycles. The maximum Gasteiger partial charge on any atom is 0.126 e. The molecule has 106 valence electrons. The van der Waals surface area contributed by atoms with E-state index in [2.05, 4.69) is 15.9 Å². The van der Waals surface area contributed by atoms with Gasteiger partial charge in [-0.1, -0.05) is 28.1 Å². The molecule has 0 amide bonds. The van der Waals surface area contributed by atoms with Crippen molar-refractivity contribution >= 4 is 15.9 Å². The van der Waals surface area contributed by atoms with E-state index < -0.39 is 11.6 Å². The van der Waals surface area contributed by atoms with Crippen LogP contribution in [0.5, 0.6) is 0 Å². The molecule has 1 atom stereocenters. The van der Waals surface area contributed by atoms with Gasteiger partial charge in [0.1, 0.15) is 11.6 Å². The second-order valence-electron chi connectivity index (χ2n) is 4.86. The molecule has 0 spiro atoms. The van der Waals surface area contributed by atoms with Crippen molar-refractivity contribution in [1.82, 2.24) is 0 Å². The third-order valence-corrected chi connectivity index (χ3v) is 3.61. The molecule has 0 radical (unpaired) electrons. The van der Waals surface area contributed by atoms with Crippen molar-refractivity contribution in [2.24, 2.45) is 5.92 Å². The van der Waals surface area contributed by atoms with E-state index in [1.807, 2.05) is 24.3 Å². The van der Waals surface area contributed by atoms with Gasteiger partial charge >= 0.3 is 0 Å². The predicted molar refractivity (Wildman–Crippen MR) is 78.5 cm³/mol. The van der Waals surface area contributed by atoms with Crippen LogP contribution in [0.3, 0.4) is 0 Å². The zero-order valence-corrected chi connectivity index (χ0v) is 12.4. The topological polar surface area (TPSA) is 20.2 Å². The van der Waals surface area contributed by atoms with Crippen LogP contribution in [0.25, 0.3) is 0 Å². The third kappa shape index (κ3) is 4.39. The zero-order valence-electron chi connectivity index (χ0n) is 10.8. The largest absolute Gasteiger partial charge is 0.396 e. The van der Waals surface area contributed by atoms with Crippen molar-refractivity contribution in [3.63, 3.8) is 0 Å². The molecule has 1 unspecified atom stereocenters. The second kappa shape index (κ2) is 6.95. The van der Waals surface area contributed by atoms with Gasteiger partial charge in [-0.2, -0.15) is 0 Å². The van der Waals surface area contributed by atoms with E-state index in [-0.39, 0.29) is 12.5 Å². The Morgan fingerprint density at radius 2 is 1.60 bits per heavy atom. The Morgan fingerprint density at radius 1 is 0.950 bits per heavy atom. The molecule has 0 bridgehead atoms. The van der Waals surface area contributed by atoms with Crippen molar-refractivity contribution in [3.05, 3.63) is 69.7 Å². The summed E-state index contributed by atoms with van der Waals surface area (Å²) < 4.78 is 27.3. The van der Waals surface area contributed by atoms with E-state index in [9.17, 15) is 13.9 Å². The van der Waals surface area contributed by atoms with Crippen molar-refractivity contribution < 1.29 is 13.9 Å². The lowest BCUT2D eigenvalue weighted by Crippen LogP contribution is -2.13. The van der Waals surface area contributed by atoms with Gasteiger partial charge in [-0.05, 0) is 54.2 Å². The lowest BCUT2D eigenvalue weighted by Gasteiger charge is -2.14. The number of rotatable bonds is 5. The van der Waals surface area contributed by atoms with Gasteiger partial charge in [-0.25, -0.2) is 8.78 Å². The fraction of sp³-hybridized carbons (Fsp3) is 0.250. The maximum atomic E-state index is 13.2. The highest BCUT2D eigenvalue weighted by Gasteiger charge is 2.11. The number of halogens is 3. The number of aliphatic hydroxyl groups is 1. The van der Waals surface area contributed by atoms with Crippen LogP contribution >= 0.6 is 15.9 Å². The molecular weight excluding hydrogens is 326 g/mol. The monoisotopic (exact) mass is 340 g/mol. The number of aliphatic hydroxyl groups excluding tert-OH is 1. The molecular formula is C16H15BrF2O. The molecule has 1 nitrogen and oxygen atoms in total. The highest BCUT2D eigenvalue weighted by atomic mass is 79.9. The van der Waals surface area contributed by atoms with Crippen LogP contribution in [0.4, 0.5) is 8.78 Å². The van der Waals surface area contributed by atoms with Gasteiger partial charge in [0.2, 0.25) is 0 Å². The summed E-state index contributed by atoms with van der Waals surface area (Å²) in [5.74, 6) is -1.23. The van der Waals surface area contributed by atoms with Gasteiger partial charge in [0.15, 0.2) is 0 Å². The smallest absolute Gasteiger partial charge is 0.126 e. The normalized spacial score (nSPS) is 12.4. The van der Waals surface area contributed by atoms with E-state index in [1.165, 1.54) is 12.1 Å². The molecule has 0 aliphatic carbocycles. The van der Waals surface area contributed by atoms with E-state index in [1.54, 1.807) is 0 Å². The summed E-state index contributed by atoms with van der Waals surface area (Å²) in [6.07, 6.45) is 1.10. The van der Waals surface area contributed by atoms with Gasteiger partial charge in [0, 0.05) is 17.1 Å². The van der Waals surface area contributed by atoms with Gasteiger partial charge in [0.25, 0.3) is 0 Å². The first kappa shape index (κ1) is 15.1. The highest BCUT2D eigenvalue weighted by molar-refractivity contribution is 9.10. The summed E-state index contributed by atoms with van der Waals surface area (Å²) >= 11 is 3.40. The minimum absolute atomic E-state index is 0.0232. The van der Waals surface area contributed by atoms with Crippen LogP contribution < -0.4 is 0 Å². The molecule has 2 aromatic rings. The molecule has 0 saturated carbocycles. The Bertz CT molecular complexity index is 566. The lowest BCUT2D eigenvalue weighted by atomic mass is 9.93. The molecule has 0 aliphatic heterocycles. The summed E-state index contributed by atoms with van der Waals surface area (Å²) in [5.41, 5.74) is 1.65.